The molecule has 0 radical (unpaired) electrons. The van der Waals surface area contributed by atoms with Gasteiger partial charge >= 0.3 is 0 Å². The Morgan fingerprint density at radius 2 is 1.71 bits per heavy atom. The summed E-state index contributed by atoms with van der Waals surface area (Å²) in [4.78, 5) is 25.3. The van der Waals surface area contributed by atoms with E-state index in [1.54, 1.807) is 61.5 Å². The fraction of sp³-hybridized carbons (Fsp3) is 0.0909. The van der Waals surface area contributed by atoms with Crippen LogP contribution in [0, 0.1) is 5.82 Å². The quantitative estimate of drug-likeness (QED) is 0.635. The third kappa shape index (κ3) is 4.94. The van der Waals surface area contributed by atoms with Gasteiger partial charge in [0.25, 0.3) is 11.8 Å². The van der Waals surface area contributed by atoms with Crippen LogP contribution in [0.3, 0.4) is 0 Å². The summed E-state index contributed by atoms with van der Waals surface area (Å²) in [7, 11) is 0. The molecule has 2 amide bonds. The predicted molar refractivity (Wildman–Crippen MR) is 104 cm³/mol. The molecule has 1 heterocycles. The Labute approximate surface area is 161 Å². The molecule has 3 aromatic rings. The van der Waals surface area contributed by atoms with Crippen molar-refractivity contribution in [3.8, 4) is 0 Å². The molecule has 5 nitrogen and oxygen atoms in total. The molecule has 2 aromatic carbocycles. The molecule has 3 rings (SSSR count). The molecule has 0 saturated carbocycles. The predicted octanol–water partition coefficient (Wildman–Crippen LogP) is 4.07. The zero-order valence-electron chi connectivity index (χ0n) is 15.2. The van der Waals surface area contributed by atoms with Crippen LogP contribution in [0.15, 0.2) is 83.1 Å². The number of hydrogen-bond acceptors (Lipinski definition) is 3. The van der Waals surface area contributed by atoms with Gasteiger partial charge in [-0.3, -0.25) is 9.59 Å². The van der Waals surface area contributed by atoms with Gasteiger partial charge in [0.1, 0.15) is 17.3 Å². The average molecular weight is 378 g/mol. The molecule has 0 aliphatic heterocycles. The van der Waals surface area contributed by atoms with Gasteiger partial charge in [-0.25, -0.2) is 4.39 Å². The number of carbonyl (C=O) groups excluding carboxylic acids is 2. The highest BCUT2D eigenvalue weighted by molar-refractivity contribution is 6.05. The summed E-state index contributed by atoms with van der Waals surface area (Å²) >= 11 is 0. The fourth-order valence-corrected chi connectivity index (χ4v) is 2.57. The first kappa shape index (κ1) is 19.1. The summed E-state index contributed by atoms with van der Waals surface area (Å²) in [6, 6.07) is 17.4. The van der Waals surface area contributed by atoms with E-state index in [0.29, 0.717) is 11.3 Å². The summed E-state index contributed by atoms with van der Waals surface area (Å²) in [5.41, 5.74) is 1.20. The highest BCUT2D eigenvalue weighted by Gasteiger charge is 2.18. The van der Waals surface area contributed by atoms with E-state index in [-0.39, 0.29) is 17.6 Å². The third-order valence-electron chi connectivity index (χ3n) is 4.08. The Hall–Kier alpha value is -3.67. The number of halogens is 1. The lowest BCUT2D eigenvalue weighted by atomic mass is 10.1. The molecule has 0 aliphatic carbocycles. The van der Waals surface area contributed by atoms with E-state index >= 15 is 0 Å². The molecule has 6 heteroatoms. The van der Waals surface area contributed by atoms with Crippen molar-refractivity contribution in [1.82, 2.24) is 10.6 Å². The van der Waals surface area contributed by atoms with Crippen LogP contribution >= 0.6 is 0 Å². The maximum absolute atomic E-state index is 13.1. The fourth-order valence-electron chi connectivity index (χ4n) is 2.57. The summed E-state index contributed by atoms with van der Waals surface area (Å²) in [5.74, 6) is -0.829. The lowest BCUT2D eigenvalue weighted by molar-refractivity contribution is -0.118. The second-order valence-corrected chi connectivity index (χ2v) is 6.14. The van der Waals surface area contributed by atoms with Crippen LogP contribution in [0.25, 0.3) is 6.08 Å². The molecular formula is C22H19FN2O3. The van der Waals surface area contributed by atoms with Gasteiger partial charge in [-0.15, -0.1) is 0 Å². The van der Waals surface area contributed by atoms with Crippen molar-refractivity contribution < 1.29 is 18.4 Å². The molecule has 0 bridgehead atoms. The van der Waals surface area contributed by atoms with Gasteiger partial charge in [-0.1, -0.05) is 30.3 Å². The Morgan fingerprint density at radius 3 is 2.36 bits per heavy atom. The first-order valence-electron chi connectivity index (χ1n) is 8.71. The molecule has 1 atom stereocenters. The Bertz CT molecular complexity index is 965. The van der Waals surface area contributed by atoms with Crippen molar-refractivity contribution in [2.45, 2.75) is 13.0 Å². The molecule has 28 heavy (non-hydrogen) atoms. The maximum Gasteiger partial charge on any atom is 0.268 e. The summed E-state index contributed by atoms with van der Waals surface area (Å²) in [5, 5.41) is 5.43. The summed E-state index contributed by atoms with van der Waals surface area (Å²) in [6.45, 7) is 1.77. The van der Waals surface area contributed by atoms with Gasteiger partial charge in [0.2, 0.25) is 0 Å². The van der Waals surface area contributed by atoms with Crippen LogP contribution in [0.2, 0.25) is 0 Å². The highest BCUT2D eigenvalue weighted by Crippen LogP contribution is 2.14. The number of amides is 2. The van der Waals surface area contributed by atoms with Crippen molar-refractivity contribution in [3.05, 3.63) is 101 Å². The highest BCUT2D eigenvalue weighted by atomic mass is 19.1. The van der Waals surface area contributed by atoms with E-state index in [0.717, 1.165) is 5.56 Å². The minimum absolute atomic E-state index is 0.0396. The lowest BCUT2D eigenvalue weighted by Crippen LogP contribution is -2.36. The molecule has 1 unspecified atom stereocenters. The van der Waals surface area contributed by atoms with Crippen molar-refractivity contribution >= 4 is 17.9 Å². The van der Waals surface area contributed by atoms with E-state index < -0.39 is 11.8 Å². The standard InChI is InChI=1S/C22H19FN2O3/c1-15(16-9-11-18(23)12-10-16)24-22(27)20(14-19-8-5-13-28-19)25-21(26)17-6-3-2-4-7-17/h2-15H,1H3,(H,24,27)(H,25,26)/b20-14-. The van der Waals surface area contributed by atoms with Crippen molar-refractivity contribution in [3.63, 3.8) is 0 Å². The first-order chi connectivity index (χ1) is 13.5. The number of rotatable bonds is 6. The van der Waals surface area contributed by atoms with E-state index in [1.165, 1.54) is 24.5 Å². The third-order valence-corrected chi connectivity index (χ3v) is 4.08. The lowest BCUT2D eigenvalue weighted by Gasteiger charge is -2.16. The van der Waals surface area contributed by atoms with Crippen molar-refractivity contribution in [2.75, 3.05) is 0 Å². The van der Waals surface area contributed by atoms with Crippen LogP contribution in [-0.2, 0) is 4.79 Å². The summed E-state index contributed by atoms with van der Waals surface area (Å²) in [6.07, 6.45) is 2.93. The molecule has 2 N–H and O–H groups in total. The Balaban J connectivity index is 1.79. The van der Waals surface area contributed by atoms with Gasteiger partial charge in [0.05, 0.1) is 12.3 Å². The Morgan fingerprint density at radius 1 is 1.00 bits per heavy atom. The van der Waals surface area contributed by atoms with Crippen LogP contribution in [0.4, 0.5) is 4.39 Å². The molecule has 0 saturated heterocycles. The average Bonchev–Trinajstić information content (AvgIpc) is 3.21. The second kappa shape index (κ2) is 8.81. The largest absolute Gasteiger partial charge is 0.465 e. The van der Waals surface area contributed by atoms with Gasteiger partial charge in [0, 0.05) is 11.6 Å². The van der Waals surface area contributed by atoms with Crippen LogP contribution in [-0.4, -0.2) is 11.8 Å². The first-order valence-corrected chi connectivity index (χ1v) is 8.71. The van der Waals surface area contributed by atoms with E-state index in [1.807, 2.05) is 0 Å². The number of furan rings is 1. The molecule has 0 aliphatic rings. The minimum atomic E-state index is -0.488. The number of carbonyl (C=O) groups is 2. The molecule has 1 aromatic heterocycles. The van der Waals surface area contributed by atoms with Gasteiger partial charge in [-0.2, -0.15) is 0 Å². The smallest absolute Gasteiger partial charge is 0.268 e. The van der Waals surface area contributed by atoms with E-state index in [9.17, 15) is 14.0 Å². The molecule has 142 valence electrons. The SMILES string of the molecule is CC(NC(=O)/C(=C/c1ccco1)NC(=O)c1ccccc1)c1ccc(F)cc1. The number of nitrogens with one attached hydrogen (secondary N) is 2. The summed E-state index contributed by atoms with van der Waals surface area (Å²) < 4.78 is 18.4. The van der Waals surface area contributed by atoms with E-state index in [2.05, 4.69) is 10.6 Å². The van der Waals surface area contributed by atoms with Gasteiger partial charge < -0.3 is 15.1 Å². The minimum Gasteiger partial charge on any atom is -0.465 e. The van der Waals surface area contributed by atoms with Crippen molar-refractivity contribution in [1.29, 1.82) is 0 Å². The zero-order chi connectivity index (χ0) is 19.9. The molecular weight excluding hydrogens is 359 g/mol. The van der Waals surface area contributed by atoms with Gasteiger partial charge in [0.15, 0.2) is 0 Å². The van der Waals surface area contributed by atoms with Crippen LogP contribution in [0.1, 0.15) is 34.6 Å². The monoisotopic (exact) mass is 378 g/mol. The van der Waals surface area contributed by atoms with Gasteiger partial charge in [-0.05, 0) is 48.9 Å². The van der Waals surface area contributed by atoms with Crippen molar-refractivity contribution in [2.24, 2.45) is 0 Å². The Kier molecular flexibility index (Phi) is 6.01. The number of hydrogen-bond donors (Lipinski definition) is 2. The van der Waals surface area contributed by atoms with Crippen LogP contribution in [0.5, 0.6) is 0 Å². The molecule has 0 spiro atoms. The second-order valence-electron chi connectivity index (χ2n) is 6.14. The molecule has 0 fully saturated rings. The number of benzene rings is 2. The van der Waals surface area contributed by atoms with E-state index in [4.69, 9.17) is 4.42 Å². The van der Waals surface area contributed by atoms with Crippen LogP contribution < -0.4 is 10.6 Å². The topological polar surface area (TPSA) is 71.3 Å². The maximum atomic E-state index is 13.1. The zero-order valence-corrected chi connectivity index (χ0v) is 15.2. The normalized spacial score (nSPS) is 12.3.